The van der Waals surface area contributed by atoms with Gasteiger partial charge in [-0.05, 0) is 151 Å². The number of para-hydroxylation sites is 3. The number of anilines is 6. The number of nitrogens with zero attached hydrogens (tertiary/aromatic N) is 2. The van der Waals surface area contributed by atoms with E-state index in [9.17, 15) is 0 Å². The summed E-state index contributed by atoms with van der Waals surface area (Å²) in [7, 11) is 0. The Morgan fingerprint density at radius 1 is 0.299 bits per heavy atom. The smallest absolute Gasteiger partial charge is 0.135 e. The van der Waals surface area contributed by atoms with Crippen LogP contribution in [-0.4, -0.2) is 0 Å². The van der Waals surface area contributed by atoms with Crippen molar-refractivity contribution in [2.24, 2.45) is 0 Å². The summed E-state index contributed by atoms with van der Waals surface area (Å²) in [5.74, 6) is 0. The van der Waals surface area contributed by atoms with E-state index in [0.717, 1.165) is 50.3 Å². The summed E-state index contributed by atoms with van der Waals surface area (Å²) in [6.45, 7) is 0. The van der Waals surface area contributed by atoms with Gasteiger partial charge in [0, 0.05) is 39.1 Å². The lowest BCUT2D eigenvalue weighted by Crippen LogP contribution is -2.35. The SMILES string of the molecule is c1ccc(N2c3ccccc3C3(c4ccccc4)c4cc(-c5ccc(N(c6ccc7c(c6)C(c6ccccc6)(c6ccccc6)c6ccccc6-7)c6ccc7oc8ccccc8c7c6)cc5)ccc4-c4cccc2c43)cc1. The Labute approximate surface area is 447 Å². The molecule has 2 heterocycles. The van der Waals surface area contributed by atoms with E-state index in [4.69, 9.17) is 4.42 Å². The van der Waals surface area contributed by atoms with Gasteiger partial charge in [-0.15, -0.1) is 0 Å². The average molecular weight is 981 g/mol. The second-order valence-electron chi connectivity index (χ2n) is 20.7. The second kappa shape index (κ2) is 16.8. The quantitative estimate of drug-likeness (QED) is 0.151. The summed E-state index contributed by atoms with van der Waals surface area (Å²) in [5.41, 5.74) is 25.0. The third kappa shape index (κ3) is 6.14. The van der Waals surface area contributed by atoms with Crippen LogP contribution in [0.3, 0.4) is 0 Å². The first kappa shape index (κ1) is 43.4. The van der Waals surface area contributed by atoms with Crippen LogP contribution < -0.4 is 9.80 Å². The van der Waals surface area contributed by atoms with E-state index < -0.39 is 10.8 Å². The molecule has 3 heteroatoms. The number of hydrogen-bond donors (Lipinski definition) is 0. The highest BCUT2D eigenvalue weighted by Gasteiger charge is 2.53. The van der Waals surface area contributed by atoms with Crippen molar-refractivity contribution in [1.29, 1.82) is 0 Å². The first-order valence-corrected chi connectivity index (χ1v) is 26.7. The molecule has 12 aromatic carbocycles. The fraction of sp³-hybridized carbons (Fsp3) is 0.0270. The van der Waals surface area contributed by atoms with Crippen molar-refractivity contribution in [3.63, 3.8) is 0 Å². The van der Waals surface area contributed by atoms with Gasteiger partial charge in [-0.2, -0.15) is 0 Å². The maximum absolute atomic E-state index is 6.42. The molecular weight excluding hydrogens is 933 g/mol. The van der Waals surface area contributed by atoms with Crippen molar-refractivity contribution >= 4 is 56.1 Å². The third-order valence-corrected chi connectivity index (χ3v) is 16.9. The number of hydrogen-bond acceptors (Lipinski definition) is 3. The van der Waals surface area contributed by atoms with Gasteiger partial charge in [0.25, 0.3) is 0 Å². The summed E-state index contributed by atoms with van der Waals surface area (Å²) in [6.07, 6.45) is 0. The molecule has 360 valence electrons. The van der Waals surface area contributed by atoms with Crippen LogP contribution in [0.4, 0.5) is 34.1 Å². The molecule has 0 spiro atoms. The number of rotatable bonds is 8. The van der Waals surface area contributed by atoms with Gasteiger partial charge >= 0.3 is 0 Å². The Morgan fingerprint density at radius 2 is 0.805 bits per heavy atom. The van der Waals surface area contributed by atoms with Gasteiger partial charge in [0.2, 0.25) is 0 Å². The Balaban J connectivity index is 0.878. The average Bonchev–Trinajstić information content (AvgIpc) is 4.32. The van der Waals surface area contributed by atoms with Crippen LogP contribution >= 0.6 is 0 Å². The van der Waals surface area contributed by atoms with Crippen LogP contribution in [0.1, 0.15) is 44.5 Å². The molecule has 1 atom stereocenters. The molecule has 2 aliphatic carbocycles. The second-order valence-corrected chi connectivity index (χ2v) is 20.7. The van der Waals surface area contributed by atoms with E-state index in [2.05, 4.69) is 295 Å². The van der Waals surface area contributed by atoms with E-state index in [1.807, 2.05) is 6.07 Å². The van der Waals surface area contributed by atoms with Gasteiger partial charge in [-0.1, -0.05) is 212 Å². The molecule has 1 aliphatic heterocycles. The first-order chi connectivity index (χ1) is 38.2. The molecule has 0 saturated heterocycles. The minimum Gasteiger partial charge on any atom is -0.456 e. The number of fused-ring (bicyclic) bond motifs is 11. The van der Waals surface area contributed by atoms with Crippen LogP contribution in [0.15, 0.2) is 296 Å². The molecule has 0 saturated carbocycles. The monoisotopic (exact) mass is 980 g/mol. The van der Waals surface area contributed by atoms with Gasteiger partial charge in [0.15, 0.2) is 0 Å². The Hall–Kier alpha value is -9.96. The Kier molecular flexibility index (Phi) is 9.47. The van der Waals surface area contributed by atoms with E-state index in [-0.39, 0.29) is 0 Å². The van der Waals surface area contributed by atoms with Gasteiger partial charge < -0.3 is 14.2 Å². The van der Waals surface area contributed by atoms with E-state index >= 15 is 0 Å². The number of furan rings is 1. The minimum atomic E-state index is -0.547. The summed E-state index contributed by atoms with van der Waals surface area (Å²) in [5, 5.41) is 2.19. The maximum atomic E-state index is 6.42. The number of benzene rings is 12. The van der Waals surface area contributed by atoms with Crippen LogP contribution in [0.2, 0.25) is 0 Å². The van der Waals surface area contributed by atoms with Crippen molar-refractivity contribution in [3.05, 3.63) is 336 Å². The lowest BCUT2D eigenvalue weighted by molar-refractivity contribution is 0.669. The standard InChI is InChI=1S/C74H48N2O/c1-5-20-51(21-6-1)73(52-22-7-2-8-23-52)64-31-15-13-28-58(64)59-44-41-57(48-67(59)73)75(56-42-45-71-63(47-56)61-29-14-18-35-70(61)77-71)55-39-36-49(37-40-55)50-38-43-60-62-30-19-34-69-72(62)74(66(60)46-50,53-24-9-3-10-25-53)65-32-16-17-33-68(65)76(69)54-26-11-4-12-27-54/h1-48H. The van der Waals surface area contributed by atoms with Crippen LogP contribution in [-0.2, 0) is 10.8 Å². The Bertz CT molecular complexity index is 4410. The first-order valence-electron chi connectivity index (χ1n) is 26.7. The molecule has 1 aromatic heterocycles. The highest BCUT2D eigenvalue weighted by atomic mass is 16.3. The van der Waals surface area contributed by atoms with Crippen LogP contribution in [0.5, 0.6) is 0 Å². The van der Waals surface area contributed by atoms with Crippen molar-refractivity contribution < 1.29 is 4.42 Å². The van der Waals surface area contributed by atoms with Gasteiger partial charge in [-0.3, -0.25) is 0 Å². The molecule has 16 rings (SSSR count). The van der Waals surface area contributed by atoms with Crippen LogP contribution in [0.25, 0.3) is 55.3 Å². The zero-order chi connectivity index (χ0) is 50.7. The zero-order valence-electron chi connectivity index (χ0n) is 42.0. The fourth-order valence-corrected chi connectivity index (χ4v) is 13.8. The van der Waals surface area contributed by atoms with Gasteiger partial charge in [-0.25, -0.2) is 0 Å². The maximum Gasteiger partial charge on any atom is 0.135 e. The minimum absolute atomic E-state index is 0.547. The van der Waals surface area contributed by atoms with Gasteiger partial charge in [0.1, 0.15) is 11.2 Å². The molecule has 0 fully saturated rings. The highest BCUT2D eigenvalue weighted by Crippen LogP contribution is 2.65. The molecule has 1 unspecified atom stereocenters. The summed E-state index contributed by atoms with van der Waals surface area (Å²) in [6, 6.07) is 108. The lowest BCUT2D eigenvalue weighted by Gasteiger charge is -2.44. The molecule has 13 aromatic rings. The van der Waals surface area contributed by atoms with Gasteiger partial charge in [0.05, 0.1) is 22.2 Å². The normalized spacial score (nSPS) is 15.1. The summed E-state index contributed by atoms with van der Waals surface area (Å²) in [4.78, 5) is 4.89. The summed E-state index contributed by atoms with van der Waals surface area (Å²) >= 11 is 0. The zero-order valence-corrected chi connectivity index (χ0v) is 42.0. The van der Waals surface area contributed by atoms with E-state index in [1.54, 1.807) is 0 Å². The van der Waals surface area contributed by atoms with Crippen molar-refractivity contribution in [2.45, 2.75) is 10.8 Å². The third-order valence-electron chi connectivity index (χ3n) is 16.9. The van der Waals surface area contributed by atoms with Crippen LogP contribution in [0, 0.1) is 0 Å². The lowest BCUT2D eigenvalue weighted by atomic mass is 9.64. The van der Waals surface area contributed by atoms with E-state index in [0.29, 0.717) is 0 Å². The fourth-order valence-electron chi connectivity index (χ4n) is 13.8. The predicted octanol–water partition coefficient (Wildman–Crippen LogP) is 19.2. The molecule has 77 heavy (non-hydrogen) atoms. The largest absolute Gasteiger partial charge is 0.456 e. The predicted molar refractivity (Wildman–Crippen MR) is 317 cm³/mol. The van der Waals surface area contributed by atoms with Crippen molar-refractivity contribution in [1.82, 2.24) is 0 Å². The molecule has 0 bridgehead atoms. The van der Waals surface area contributed by atoms with E-state index in [1.165, 1.54) is 83.7 Å². The molecule has 0 amide bonds. The summed E-state index contributed by atoms with van der Waals surface area (Å²) < 4.78 is 6.42. The Morgan fingerprint density at radius 3 is 1.56 bits per heavy atom. The molecule has 3 aliphatic rings. The topological polar surface area (TPSA) is 19.6 Å². The molecule has 0 radical (unpaired) electrons. The molecular formula is C74H48N2O. The highest BCUT2D eigenvalue weighted by molar-refractivity contribution is 6.07. The van der Waals surface area contributed by atoms with Crippen molar-refractivity contribution in [2.75, 3.05) is 9.80 Å². The molecule has 3 nitrogen and oxygen atoms in total. The molecule has 0 N–H and O–H groups in total. The van der Waals surface area contributed by atoms with Crippen molar-refractivity contribution in [3.8, 4) is 33.4 Å².